The number of azide groups is 1. The minimum atomic E-state index is -0.961. The molecule has 1 unspecified atom stereocenters. The van der Waals surface area contributed by atoms with Gasteiger partial charge in [-0.05, 0) is 5.53 Å². The van der Waals surface area contributed by atoms with Gasteiger partial charge >= 0.3 is 0 Å². The van der Waals surface area contributed by atoms with Crippen LogP contribution in [0.15, 0.2) is 5.11 Å². The maximum Gasteiger partial charge on any atom is 0.111 e. The third-order valence-corrected chi connectivity index (χ3v) is 1.64. The second-order valence-corrected chi connectivity index (χ2v) is 2.35. The van der Waals surface area contributed by atoms with Crippen LogP contribution in [0.25, 0.3) is 10.4 Å². The smallest absolute Gasteiger partial charge is 0.111 e. The molecule has 1 aliphatic heterocycles. The SMILES string of the molecule is [N-]=[N+]=NCC(F)C1CNC1. The molecule has 5 heteroatoms. The van der Waals surface area contributed by atoms with Gasteiger partial charge < -0.3 is 5.32 Å². The van der Waals surface area contributed by atoms with Gasteiger partial charge in [-0.1, -0.05) is 5.11 Å². The zero-order valence-electron chi connectivity index (χ0n) is 5.50. The standard InChI is InChI=1S/C5H9FN4/c6-5(3-9-10-7)4-1-8-2-4/h4-5,8H,1-3H2. The van der Waals surface area contributed by atoms with Crippen molar-refractivity contribution in [3.05, 3.63) is 10.4 Å². The summed E-state index contributed by atoms with van der Waals surface area (Å²) in [5.41, 5.74) is 7.86. The lowest BCUT2D eigenvalue weighted by Gasteiger charge is -2.29. The summed E-state index contributed by atoms with van der Waals surface area (Å²) in [7, 11) is 0. The van der Waals surface area contributed by atoms with Crippen molar-refractivity contribution in [3.8, 4) is 0 Å². The van der Waals surface area contributed by atoms with E-state index >= 15 is 0 Å². The number of rotatable bonds is 3. The Hall–Kier alpha value is -0.800. The van der Waals surface area contributed by atoms with Crippen molar-refractivity contribution < 1.29 is 4.39 Å². The van der Waals surface area contributed by atoms with Crippen LogP contribution in [0.1, 0.15) is 0 Å². The first-order valence-corrected chi connectivity index (χ1v) is 3.20. The highest BCUT2D eigenvalue weighted by atomic mass is 19.1. The molecule has 0 saturated carbocycles. The molecule has 1 N–H and O–H groups in total. The molecular weight excluding hydrogens is 135 g/mol. The number of nitrogens with zero attached hydrogens (tertiary/aromatic N) is 3. The highest BCUT2D eigenvalue weighted by molar-refractivity contribution is 4.82. The van der Waals surface area contributed by atoms with Crippen LogP contribution in [0.5, 0.6) is 0 Å². The lowest BCUT2D eigenvalue weighted by molar-refractivity contribution is 0.176. The Morgan fingerprint density at radius 3 is 2.90 bits per heavy atom. The first kappa shape index (κ1) is 7.31. The Balaban J connectivity index is 2.19. The first-order chi connectivity index (χ1) is 4.84. The Morgan fingerprint density at radius 1 is 1.80 bits per heavy atom. The van der Waals surface area contributed by atoms with Crippen LogP contribution in [0.4, 0.5) is 4.39 Å². The summed E-state index contributed by atoms with van der Waals surface area (Å²) in [6.07, 6.45) is -0.961. The highest BCUT2D eigenvalue weighted by Crippen LogP contribution is 2.12. The fourth-order valence-electron chi connectivity index (χ4n) is 0.830. The van der Waals surface area contributed by atoms with Gasteiger partial charge in [0.05, 0.1) is 6.54 Å². The van der Waals surface area contributed by atoms with E-state index in [1.54, 1.807) is 0 Å². The summed E-state index contributed by atoms with van der Waals surface area (Å²) in [4.78, 5) is 2.48. The highest BCUT2D eigenvalue weighted by Gasteiger charge is 2.25. The molecule has 1 aliphatic rings. The minimum absolute atomic E-state index is 0.0250. The second-order valence-electron chi connectivity index (χ2n) is 2.35. The van der Waals surface area contributed by atoms with E-state index in [2.05, 4.69) is 15.3 Å². The normalized spacial score (nSPS) is 20.9. The molecule has 0 aromatic rings. The molecule has 1 heterocycles. The fourth-order valence-corrected chi connectivity index (χ4v) is 0.830. The average Bonchev–Trinajstić information content (AvgIpc) is 1.79. The zero-order chi connectivity index (χ0) is 7.40. The Labute approximate surface area is 58.0 Å². The monoisotopic (exact) mass is 144 g/mol. The van der Waals surface area contributed by atoms with E-state index in [-0.39, 0.29) is 12.5 Å². The first-order valence-electron chi connectivity index (χ1n) is 3.20. The maximum atomic E-state index is 12.7. The van der Waals surface area contributed by atoms with Crippen LogP contribution in [-0.4, -0.2) is 25.8 Å². The van der Waals surface area contributed by atoms with Gasteiger partial charge in [0.25, 0.3) is 0 Å². The van der Waals surface area contributed by atoms with Crippen LogP contribution < -0.4 is 5.32 Å². The van der Waals surface area contributed by atoms with Gasteiger partial charge in [-0.3, -0.25) is 0 Å². The van der Waals surface area contributed by atoms with E-state index in [1.165, 1.54) is 0 Å². The largest absolute Gasteiger partial charge is 0.316 e. The molecule has 0 aliphatic carbocycles. The van der Waals surface area contributed by atoms with Crippen molar-refractivity contribution in [1.82, 2.24) is 5.32 Å². The number of hydrogen-bond acceptors (Lipinski definition) is 2. The van der Waals surface area contributed by atoms with Crippen LogP contribution in [0.2, 0.25) is 0 Å². The number of halogens is 1. The number of nitrogens with one attached hydrogen (secondary N) is 1. The second kappa shape index (κ2) is 3.39. The van der Waals surface area contributed by atoms with Gasteiger partial charge in [-0.2, -0.15) is 0 Å². The molecular formula is C5H9FN4. The van der Waals surface area contributed by atoms with Gasteiger partial charge in [0.2, 0.25) is 0 Å². The molecule has 4 nitrogen and oxygen atoms in total. The molecule has 0 amide bonds. The van der Waals surface area contributed by atoms with Crippen LogP contribution in [0.3, 0.4) is 0 Å². The van der Waals surface area contributed by atoms with E-state index in [4.69, 9.17) is 5.53 Å². The quantitative estimate of drug-likeness (QED) is 0.356. The number of alkyl halides is 1. The van der Waals surface area contributed by atoms with Crippen molar-refractivity contribution in [2.45, 2.75) is 6.17 Å². The molecule has 1 saturated heterocycles. The third-order valence-electron chi connectivity index (χ3n) is 1.64. The van der Waals surface area contributed by atoms with Gasteiger partial charge in [-0.25, -0.2) is 4.39 Å². The fraction of sp³-hybridized carbons (Fsp3) is 1.00. The lowest BCUT2D eigenvalue weighted by Crippen LogP contribution is -2.47. The van der Waals surface area contributed by atoms with Crippen molar-refractivity contribution in [2.24, 2.45) is 11.0 Å². The predicted octanol–water partition coefficient (Wildman–Crippen LogP) is 0.854. The van der Waals surface area contributed by atoms with Crippen molar-refractivity contribution in [1.29, 1.82) is 0 Å². The topological polar surface area (TPSA) is 60.8 Å². The Kier molecular flexibility index (Phi) is 2.48. The maximum absolute atomic E-state index is 12.7. The molecule has 1 atom stereocenters. The minimum Gasteiger partial charge on any atom is -0.316 e. The van der Waals surface area contributed by atoms with E-state index in [9.17, 15) is 4.39 Å². The van der Waals surface area contributed by atoms with E-state index < -0.39 is 6.17 Å². The van der Waals surface area contributed by atoms with Crippen LogP contribution in [-0.2, 0) is 0 Å². The molecule has 1 rings (SSSR count). The summed E-state index contributed by atoms with van der Waals surface area (Å²) in [5.74, 6) is 0.0606. The van der Waals surface area contributed by atoms with Crippen LogP contribution >= 0.6 is 0 Å². The van der Waals surface area contributed by atoms with Gasteiger partial charge in [0.15, 0.2) is 0 Å². The van der Waals surface area contributed by atoms with E-state index in [0.29, 0.717) is 13.1 Å². The summed E-state index contributed by atoms with van der Waals surface area (Å²) < 4.78 is 12.7. The van der Waals surface area contributed by atoms with E-state index in [0.717, 1.165) is 0 Å². The molecule has 0 bridgehead atoms. The van der Waals surface area contributed by atoms with Crippen LogP contribution in [0, 0.1) is 5.92 Å². The molecule has 0 spiro atoms. The van der Waals surface area contributed by atoms with Crippen molar-refractivity contribution >= 4 is 0 Å². The predicted molar refractivity (Wildman–Crippen MR) is 35.3 cm³/mol. The average molecular weight is 144 g/mol. The van der Waals surface area contributed by atoms with Crippen molar-refractivity contribution in [2.75, 3.05) is 19.6 Å². The summed E-state index contributed by atoms with van der Waals surface area (Å²) in [5, 5.41) is 6.10. The molecule has 56 valence electrons. The Bertz CT molecular complexity index is 150. The van der Waals surface area contributed by atoms with Crippen molar-refractivity contribution in [3.63, 3.8) is 0 Å². The summed E-state index contributed by atoms with van der Waals surface area (Å²) in [6.45, 7) is 1.40. The molecule has 0 aromatic heterocycles. The van der Waals surface area contributed by atoms with E-state index in [1.807, 2.05) is 0 Å². The molecule has 10 heavy (non-hydrogen) atoms. The van der Waals surface area contributed by atoms with Gasteiger partial charge in [0, 0.05) is 23.9 Å². The Morgan fingerprint density at radius 2 is 2.50 bits per heavy atom. The third kappa shape index (κ3) is 1.59. The number of hydrogen-bond donors (Lipinski definition) is 1. The summed E-state index contributed by atoms with van der Waals surface area (Å²) in [6, 6.07) is 0. The van der Waals surface area contributed by atoms with Gasteiger partial charge in [0.1, 0.15) is 6.17 Å². The lowest BCUT2D eigenvalue weighted by atomic mass is 9.98. The summed E-state index contributed by atoms with van der Waals surface area (Å²) >= 11 is 0. The van der Waals surface area contributed by atoms with Gasteiger partial charge in [-0.15, -0.1) is 0 Å². The molecule has 1 fully saturated rings. The molecule has 0 radical (unpaired) electrons. The molecule has 0 aromatic carbocycles. The zero-order valence-corrected chi connectivity index (χ0v) is 5.50.